The second-order valence-electron chi connectivity index (χ2n) is 7.21. The Morgan fingerprint density at radius 3 is 2.92 bits per heavy atom. The summed E-state index contributed by atoms with van der Waals surface area (Å²) < 4.78 is 0. The molecule has 0 bridgehead atoms. The topological polar surface area (TPSA) is 45.2 Å². The van der Waals surface area contributed by atoms with E-state index in [0.29, 0.717) is 11.8 Å². The van der Waals surface area contributed by atoms with Gasteiger partial charge in [0.05, 0.1) is 0 Å². The van der Waals surface area contributed by atoms with E-state index in [4.69, 9.17) is 4.98 Å². The minimum atomic E-state index is 0.619. The summed E-state index contributed by atoms with van der Waals surface area (Å²) in [4.78, 5) is 18.3. The normalized spacial score (nSPS) is 20.8. The van der Waals surface area contributed by atoms with Crippen LogP contribution >= 0.6 is 0 Å². The zero-order valence-corrected chi connectivity index (χ0v) is 14.3. The van der Waals surface area contributed by atoms with Gasteiger partial charge < -0.3 is 9.80 Å². The fourth-order valence-corrected chi connectivity index (χ4v) is 3.58. The Bertz CT molecular complexity index is 670. The Morgan fingerprint density at radius 2 is 2.12 bits per heavy atom. The van der Waals surface area contributed by atoms with Crippen molar-refractivity contribution in [3.05, 3.63) is 48.2 Å². The summed E-state index contributed by atoms with van der Waals surface area (Å²) in [6.07, 6.45) is 9.46. The number of nitrogens with zero attached hydrogens (tertiary/aromatic N) is 5. The molecule has 0 aromatic carbocycles. The van der Waals surface area contributed by atoms with Crippen molar-refractivity contribution in [3.8, 4) is 0 Å². The number of hydrogen-bond acceptors (Lipinski definition) is 5. The summed E-state index contributed by atoms with van der Waals surface area (Å²) in [5, 5.41) is 0. The van der Waals surface area contributed by atoms with E-state index in [1.807, 2.05) is 24.7 Å². The molecule has 1 atom stereocenters. The van der Waals surface area contributed by atoms with Crippen molar-refractivity contribution in [2.75, 3.05) is 31.6 Å². The van der Waals surface area contributed by atoms with E-state index in [1.165, 1.54) is 24.8 Å². The van der Waals surface area contributed by atoms with Gasteiger partial charge in [-0.25, -0.2) is 9.97 Å². The van der Waals surface area contributed by atoms with E-state index >= 15 is 0 Å². The fraction of sp³-hybridized carbons (Fsp3) is 0.526. The van der Waals surface area contributed by atoms with Gasteiger partial charge in [-0.15, -0.1) is 0 Å². The van der Waals surface area contributed by atoms with Crippen molar-refractivity contribution in [2.45, 2.75) is 31.7 Å². The molecule has 0 amide bonds. The fourth-order valence-electron chi connectivity index (χ4n) is 3.58. The quantitative estimate of drug-likeness (QED) is 0.818. The molecule has 1 saturated heterocycles. The summed E-state index contributed by atoms with van der Waals surface area (Å²) in [7, 11) is 2.20. The van der Waals surface area contributed by atoms with Crippen molar-refractivity contribution in [1.82, 2.24) is 19.9 Å². The molecular weight excluding hydrogens is 298 g/mol. The lowest BCUT2D eigenvalue weighted by atomic mass is 10.1. The van der Waals surface area contributed by atoms with Crippen molar-refractivity contribution >= 4 is 5.82 Å². The highest BCUT2D eigenvalue weighted by molar-refractivity contribution is 5.39. The molecule has 0 N–H and O–H groups in total. The zero-order chi connectivity index (χ0) is 16.4. The molecule has 1 aliphatic heterocycles. The second-order valence-corrected chi connectivity index (χ2v) is 7.21. The minimum Gasteiger partial charge on any atom is -0.356 e. The Morgan fingerprint density at radius 1 is 1.21 bits per heavy atom. The van der Waals surface area contributed by atoms with Crippen LogP contribution in [0.1, 0.15) is 36.6 Å². The van der Waals surface area contributed by atoms with Crippen LogP contribution in [-0.2, 0) is 6.54 Å². The average molecular weight is 323 g/mol. The average Bonchev–Trinajstić information content (AvgIpc) is 3.36. The Hall–Kier alpha value is -2.01. The van der Waals surface area contributed by atoms with E-state index in [2.05, 4.69) is 38.9 Å². The molecule has 126 valence electrons. The third-order valence-corrected chi connectivity index (χ3v) is 4.96. The molecule has 0 radical (unpaired) electrons. The summed E-state index contributed by atoms with van der Waals surface area (Å²) in [6.45, 7) is 4.28. The highest BCUT2D eigenvalue weighted by atomic mass is 15.2. The molecule has 2 aromatic heterocycles. The third-order valence-electron chi connectivity index (χ3n) is 4.96. The molecule has 3 heterocycles. The van der Waals surface area contributed by atoms with Gasteiger partial charge in [-0.2, -0.15) is 0 Å². The molecule has 1 saturated carbocycles. The SMILES string of the molecule is CN(Cc1cccnc1)CC1CCN(c2ccnc(C3CC3)n2)C1. The van der Waals surface area contributed by atoms with Gasteiger partial charge in [-0.3, -0.25) is 4.98 Å². The second kappa shape index (κ2) is 6.85. The standard InChI is InChI=1S/C19H25N5/c1-23(12-15-3-2-8-20-11-15)13-16-7-10-24(14-16)18-6-9-21-19(22-18)17-4-5-17/h2-3,6,8-9,11,16-17H,4-5,7,10,12-14H2,1H3. The maximum atomic E-state index is 4.79. The van der Waals surface area contributed by atoms with Gasteiger partial charge in [0.1, 0.15) is 11.6 Å². The summed E-state index contributed by atoms with van der Waals surface area (Å²) in [5.74, 6) is 3.48. The Kier molecular flexibility index (Phi) is 4.43. The lowest BCUT2D eigenvalue weighted by molar-refractivity contribution is 0.279. The van der Waals surface area contributed by atoms with Gasteiger partial charge >= 0.3 is 0 Å². The first kappa shape index (κ1) is 15.5. The molecule has 2 fully saturated rings. The molecule has 1 unspecified atom stereocenters. The Labute approximate surface area is 143 Å². The number of rotatable bonds is 6. The molecular formula is C19H25N5. The van der Waals surface area contributed by atoms with Crippen LogP contribution < -0.4 is 4.90 Å². The monoisotopic (exact) mass is 323 g/mol. The van der Waals surface area contributed by atoms with E-state index < -0.39 is 0 Å². The van der Waals surface area contributed by atoms with Crippen molar-refractivity contribution in [2.24, 2.45) is 5.92 Å². The van der Waals surface area contributed by atoms with Crippen LogP contribution in [0.5, 0.6) is 0 Å². The Balaban J connectivity index is 1.32. The minimum absolute atomic E-state index is 0.619. The van der Waals surface area contributed by atoms with E-state index in [0.717, 1.165) is 37.8 Å². The molecule has 5 nitrogen and oxygen atoms in total. The predicted octanol–water partition coefficient (Wildman–Crippen LogP) is 2.71. The van der Waals surface area contributed by atoms with Crippen LogP contribution in [0.15, 0.2) is 36.8 Å². The van der Waals surface area contributed by atoms with Crippen molar-refractivity contribution in [1.29, 1.82) is 0 Å². The first-order chi connectivity index (χ1) is 11.8. The van der Waals surface area contributed by atoms with Crippen LogP contribution in [0.3, 0.4) is 0 Å². The number of hydrogen-bond donors (Lipinski definition) is 0. The summed E-state index contributed by atoms with van der Waals surface area (Å²) in [5.41, 5.74) is 1.28. The summed E-state index contributed by atoms with van der Waals surface area (Å²) >= 11 is 0. The van der Waals surface area contributed by atoms with Crippen molar-refractivity contribution in [3.63, 3.8) is 0 Å². The van der Waals surface area contributed by atoms with E-state index in [1.54, 1.807) is 0 Å². The van der Waals surface area contributed by atoms with E-state index in [9.17, 15) is 0 Å². The molecule has 4 rings (SSSR count). The molecule has 2 aromatic rings. The molecule has 1 aliphatic carbocycles. The van der Waals surface area contributed by atoms with Crippen molar-refractivity contribution < 1.29 is 0 Å². The molecule has 24 heavy (non-hydrogen) atoms. The number of aromatic nitrogens is 3. The number of anilines is 1. The van der Waals surface area contributed by atoms with Crippen LogP contribution in [0.2, 0.25) is 0 Å². The van der Waals surface area contributed by atoms with Gasteiger partial charge in [0, 0.05) is 50.7 Å². The number of pyridine rings is 1. The molecule has 0 spiro atoms. The van der Waals surface area contributed by atoms with E-state index in [-0.39, 0.29) is 0 Å². The highest BCUT2D eigenvalue weighted by Gasteiger charge is 2.29. The largest absolute Gasteiger partial charge is 0.356 e. The van der Waals surface area contributed by atoms with Gasteiger partial charge in [0.25, 0.3) is 0 Å². The smallest absolute Gasteiger partial charge is 0.133 e. The van der Waals surface area contributed by atoms with Gasteiger partial charge in [-0.1, -0.05) is 6.07 Å². The van der Waals surface area contributed by atoms with Gasteiger partial charge in [0.15, 0.2) is 0 Å². The first-order valence-corrected chi connectivity index (χ1v) is 8.93. The first-order valence-electron chi connectivity index (χ1n) is 8.93. The lowest BCUT2D eigenvalue weighted by Gasteiger charge is -2.22. The highest BCUT2D eigenvalue weighted by Crippen LogP contribution is 2.38. The van der Waals surface area contributed by atoms with Crippen LogP contribution in [0.25, 0.3) is 0 Å². The van der Waals surface area contributed by atoms with Gasteiger partial charge in [-0.05, 0) is 49.9 Å². The zero-order valence-electron chi connectivity index (χ0n) is 14.3. The maximum Gasteiger partial charge on any atom is 0.133 e. The third kappa shape index (κ3) is 3.73. The van der Waals surface area contributed by atoms with Crippen LogP contribution in [0.4, 0.5) is 5.82 Å². The van der Waals surface area contributed by atoms with Crippen LogP contribution in [0, 0.1) is 5.92 Å². The lowest BCUT2D eigenvalue weighted by Crippen LogP contribution is -2.28. The van der Waals surface area contributed by atoms with Crippen LogP contribution in [-0.4, -0.2) is 46.5 Å². The maximum absolute atomic E-state index is 4.79. The summed E-state index contributed by atoms with van der Waals surface area (Å²) in [6, 6.07) is 6.21. The predicted molar refractivity (Wildman–Crippen MR) is 94.9 cm³/mol. The molecule has 5 heteroatoms. The molecule has 2 aliphatic rings. The van der Waals surface area contributed by atoms with Gasteiger partial charge in [0.2, 0.25) is 0 Å².